The number of nitrogens with zero attached hydrogens (tertiary/aromatic N) is 2. The van der Waals surface area contributed by atoms with Gasteiger partial charge in [0.1, 0.15) is 10.2 Å². The van der Waals surface area contributed by atoms with E-state index in [1.54, 1.807) is 6.92 Å². The number of hydrogen-bond donors (Lipinski definition) is 1. The summed E-state index contributed by atoms with van der Waals surface area (Å²) in [6, 6.07) is 1.41. The van der Waals surface area contributed by atoms with Crippen LogP contribution in [0.25, 0.3) is 0 Å². The lowest BCUT2D eigenvalue weighted by molar-refractivity contribution is 0.0661. The zero-order chi connectivity index (χ0) is 13.3. The predicted octanol–water partition coefficient (Wildman–Crippen LogP) is 1.65. The van der Waals surface area contributed by atoms with E-state index in [2.05, 4.69) is 20.9 Å². The molecule has 0 aromatic carbocycles. The molecule has 94 valence electrons. The van der Waals surface area contributed by atoms with Crippen LogP contribution in [0, 0.1) is 6.92 Å². The lowest BCUT2D eigenvalue weighted by Gasteiger charge is -2.03. The minimum absolute atomic E-state index is 0.140. The normalized spacial score (nSPS) is 10.6. The van der Waals surface area contributed by atoms with E-state index in [9.17, 15) is 9.59 Å². The van der Waals surface area contributed by atoms with Crippen molar-refractivity contribution in [1.29, 1.82) is 0 Å². The van der Waals surface area contributed by atoms with Gasteiger partial charge in [-0.15, -0.1) is 0 Å². The minimum atomic E-state index is -1.14. The van der Waals surface area contributed by atoms with Crippen LogP contribution in [0.2, 0.25) is 0 Å². The van der Waals surface area contributed by atoms with E-state index in [0.29, 0.717) is 15.8 Å². The summed E-state index contributed by atoms with van der Waals surface area (Å²) >= 11 is 3.09. The fraction of sp³-hybridized carbons (Fsp3) is 0.182. The Balaban J connectivity index is 2.37. The van der Waals surface area contributed by atoms with Crippen molar-refractivity contribution in [2.24, 2.45) is 0 Å². The van der Waals surface area contributed by atoms with Gasteiger partial charge in [-0.2, -0.15) is 0 Å². The molecule has 0 aliphatic carbocycles. The maximum atomic E-state index is 11.8. The zero-order valence-electron chi connectivity index (χ0n) is 9.38. The van der Waals surface area contributed by atoms with E-state index in [0.717, 1.165) is 0 Å². The molecule has 0 unspecified atom stereocenters. The van der Waals surface area contributed by atoms with Crippen molar-refractivity contribution in [2.45, 2.75) is 13.5 Å². The number of rotatable bonds is 3. The summed E-state index contributed by atoms with van der Waals surface area (Å²) in [5, 5.41) is 8.81. The molecule has 2 heterocycles. The molecule has 1 N–H and O–H groups in total. The number of furan rings is 1. The van der Waals surface area contributed by atoms with E-state index in [1.165, 1.54) is 23.2 Å². The maximum Gasteiger partial charge on any atom is 0.371 e. The summed E-state index contributed by atoms with van der Waals surface area (Å²) in [5.41, 5.74) is 0.400. The van der Waals surface area contributed by atoms with Gasteiger partial charge in [0, 0.05) is 11.8 Å². The van der Waals surface area contributed by atoms with Gasteiger partial charge in [0.15, 0.2) is 0 Å². The van der Waals surface area contributed by atoms with E-state index in [1.807, 2.05) is 0 Å². The van der Waals surface area contributed by atoms with Gasteiger partial charge in [-0.3, -0.25) is 9.36 Å². The fourth-order valence-electron chi connectivity index (χ4n) is 1.50. The van der Waals surface area contributed by atoms with Crippen molar-refractivity contribution < 1.29 is 14.3 Å². The third-order valence-electron chi connectivity index (χ3n) is 2.43. The first-order valence-electron chi connectivity index (χ1n) is 5.01. The first kappa shape index (κ1) is 12.6. The highest BCUT2D eigenvalue weighted by Crippen LogP contribution is 2.15. The van der Waals surface area contributed by atoms with Gasteiger partial charge in [0.25, 0.3) is 5.56 Å². The lowest BCUT2D eigenvalue weighted by Crippen LogP contribution is -2.21. The predicted molar refractivity (Wildman–Crippen MR) is 65.7 cm³/mol. The summed E-state index contributed by atoms with van der Waals surface area (Å²) in [7, 11) is 0. The molecule has 18 heavy (non-hydrogen) atoms. The number of carboxylic acid groups (broad SMARTS) is 1. The number of halogens is 1. The molecule has 0 atom stereocenters. The number of carbonyl (C=O) groups is 1. The van der Waals surface area contributed by atoms with Gasteiger partial charge >= 0.3 is 5.97 Å². The molecule has 0 saturated heterocycles. The van der Waals surface area contributed by atoms with Crippen LogP contribution in [0.4, 0.5) is 0 Å². The average Bonchev–Trinajstić information content (AvgIpc) is 2.67. The Morgan fingerprint density at radius 2 is 2.33 bits per heavy atom. The first-order valence-corrected chi connectivity index (χ1v) is 5.81. The Morgan fingerprint density at radius 1 is 1.61 bits per heavy atom. The number of hydrogen-bond acceptors (Lipinski definition) is 4. The standard InChI is InChI=1S/C11H9BrN2O4/c1-6-7(2-9(18-6)11(16)17)4-14-5-13-3-8(12)10(14)15/h2-3,5H,4H2,1H3,(H,16,17). The average molecular weight is 313 g/mol. The lowest BCUT2D eigenvalue weighted by atomic mass is 10.2. The van der Waals surface area contributed by atoms with Crippen LogP contribution in [-0.2, 0) is 6.54 Å². The number of aromatic carboxylic acids is 1. The van der Waals surface area contributed by atoms with Crippen LogP contribution >= 0.6 is 15.9 Å². The molecule has 0 saturated carbocycles. The Morgan fingerprint density at radius 3 is 2.94 bits per heavy atom. The second-order valence-electron chi connectivity index (χ2n) is 3.67. The molecular formula is C11H9BrN2O4. The van der Waals surface area contributed by atoms with Crippen LogP contribution in [0.3, 0.4) is 0 Å². The number of aromatic nitrogens is 2. The molecule has 0 aliphatic heterocycles. The number of carboxylic acids is 1. The van der Waals surface area contributed by atoms with Gasteiger partial charge in [0.05, 0.1) is 12.9 Å². The quantitative estimate of drug-likeness (QED) is 0.931. The molecule has 6 nitrogen and oxygen atoms in total. The SMILES string of the molecule is Cc1oc(C(=O)O)cc1Cn1cncc(Br)c1=O. The smallest absolute Gasteiger partial charge is 0.371 e. The second-order valence-corrected chi connectivity index (χ2v) is 4.53. The molecule has 2 rings (SSSR count). The van der Waals surface area contributed by atoms with Crippen molar-refractivity contribution in [3.63, 3.8) is 0 Å². The highest BCUT2D eigenvalue weighted by Gasteiger charge is 2.14. The third kappa shape index (κ3) is 2.35. The Kier molecular flexibility index (Phi) is 3.33. The monoisotopic (exact) mass is 312 g/mol. The van der Waals surface area contributed by atoms with Crippen LogP contribution < -0.4 is 5.56 Å². The van der Waals surface area contributed by atoms with Crippen molar-refractivity contribution in [2.75, 3.05) is 0 Å². The summed E-state index contributed by atoms with van der Waals surface area (Å²) < 4.78 is 6.79. The summed E-state index contributed by atoms with van der Waals surface area (Å²) in [5.74, 6) is -0.804. The van der Waals surface area contributed by atoms with Gasteiger partial charge in [-0.1, -0.05) is 0 Å². The Hall–Kier alpha value is -1.89. The number of aryl methyl sites for hydroxylation is 1. The van der Waals surface area contributed by atoms with Crippen molar-refractivity contribution >= 4 is 21.9 Å². The highest BCUT2D eigenvalue weighted by atomic mass is 79.9. The van der Waals surface area contributed by atoms with Crippen LogP contribution in [0.5, 0.6) is 0 Å². The van der Waals surface area contributed by atoms with E-state index < -0.39 is 5.97 Å². The van der Waals surface area contributed by atoms with E-state index >= 15 is 0 Å². The molecule has 0 bridgehead atoms. The van der Waals surface area contributed by atoms with Crippen LogP contribution in [0.15, 0.2) is 32.3 Å². The largest absolute Gasteiger partial charge is 0.475 e. The first-order chi connectivity index (χ1) is 8.49. The Labute approximate surface area is 110 Å². The molecule has 2 aromatic heterocycles. The fourth-order valence-corrected chi connectivity index (χ4v) is 1.85. The highest BCUT2D eigenvalue weighted by molar-refractivity contribution is 9.10. The maximum absolute atomic E-state index is 11.8. The molecular weight excluding hydrogens is 304 g/mol. The van der Waals surface area contributed by atoms with Gasteiger partial charge in [0.2, 0.25) is 5.76 Å². The van der Waals surface area contributed by atoms with Gasteiger partial charge < -0.3 is 9.52 Å². The third-order valence-corrected chi connectivity index (χ3v) is 2.98. The van der Waals surface area contributed by atoms with Crippen LogP contribution in [-0.4, -0.2) is 20.6 Å². The molecule has 0 radical (unpaired) electrons. The zero-order valence-corrected chi connectivity index (χ0v) is 11.0. The summed E-state index contributed by atoms with van der Waals surface area (Å²) in [6.07, 6.45) is 2.80. The minimum Gasteiger partial charge on any atom is -0.475 e. The second kappa shape index (κ2) is 4.77. The van der Waals surface area contributed by atoms with E-state index in [4.69, 9.17) is 9.52 Å². The Bertz CT molecular complexity index is 659. The molecule has 0 spiro atoms. The molecule has 0 fully saturated rings. The van der Waals surface area contributed by atoms with Gasteiger partial charge in [-0.25, -0.2) is 9.78 Å². The summed E-state index contributed by atoms with van der Waals surface area (Å²) in [6.45, 7) is 1.87. The molecule has 2 aromatic rings. The van der Waals surface area contributed by atoms with Crippen molar-refractivity contribution in [1.82, 2.24) is 9.55 Å². The molecule has 7 heteroatoms. The topological polar surface area (TPSA) is 85.3 Å². The van der Waals surface area contributed by atoms with Crippen molar-refractivity contribution in [3.8, 4) is 0 Å². The van der Waals surface area contributed by atoms with Crippen LogP contribution in [0.1, 0.15) is 21.9 Å². The molecule has 0 aliphatic rings. The molecule has 0 amide bonds. The summed E-state index contributed by atoms with van der Waals surface area (Å²) in [4.78, 5) is 26.4. The van der Waals surface area contributed by atoms with Gasteiger partial charge in [-0.05, 0) is 28.9 Å². The van der Waals surface area contributed by atoms with Crippen molar-refractivity contribution in [3.05, 3.63) is 50.5 Å². The van der Waals surface area contributed by atoms with E-state index in [-0.39, 0.29) is 17.9 Å².